The van der Waals surface area contributed by atoms with Crippen LogP contribution >= 0.6 is 0 Å². The predicted octanol–water partition coefficient (Wildman–Crippen LogP) is 2.69. The van der Waals surface area contributed by atoms with E-state index in [0.29, 0.717) is 0 Å². The highest BCUT2D eigenvalue weighted by Gasteiger charge is 2.16. The van der Waals surface area contributed by atoms with E-state index in [1.165, 1.54) is 58.0 Å². The lowest BCUT2D eigenvalue weighted by atomic mass is 10.0. The Labute approximate surface area is 95.2 Å². The molecule has 0 radical (unpaired) electrons. The van der Waals surface area contributed by atoms with Crippen molar-refractivity contribution in [2.24, 2.45) is 0 Å². The molecule has 0 spiro atoms. The first-order valence-electron chi connectivity index (χ1n) is 6.83. The fourth-order valence-corrected chi connectivity index (χ4v) is 2.44. The maximum absolute atomic E-state index is 3.83. The van der Waals surface area contributed by atoms with Gasteiger partial charge in [0.25, 0.3) is 0 Å². The number of unbranched alkanes of at least 4 members (excludes halogenated alkanes) is 1. The Kier molecular flexibility index (Phi) is 7.03. The summed E-state index contributed by atoms with van der Waals surface area (Å²) in [7, 11) is 0. The zero-order chi connectivity index (χ0) is 10.9. The van der Waals surface area contributed by atoms with E-state index in [1.807, 2.05) is 0 Å². The number of hydrogen-bond donors (Lipinski definition) is 2. The first-order chi connectivity index (χ1) is 7.36. The number of piperidine rings is 1. The van der Waals surface area contributed by atoms with E-state index in [1.54, 1.807) is 0 Å². The largest absolute Gasteiger partial charge is 0.315 e. The second-order valence-corrected chi connectivity index (χ2v) is 4.84. The predicted molar refractivity (Wildman–Crippen MR) is 67.2 cm³/mol. The molecule has 1 aliphatic heterocycles. The minimum atomic E-state index is 0.729. The summed E-state index contributed by atoms with van der Waals surface area (Å²) in [5, 5.41) is 7.31. The molecule has 1 heterocycles. The van der Waals surface area contributed by atoms with Crippen LogP contribution in [0.25, 0.3) is 0 Å². The molecule has 2 nitrogen and oxygen atoms in total. The van der Waals surface area contributed by atoms with Crippen molar-refractivity contribution < 1.29 is 0 Å². The second-order valence-electron chi connectivity index (χ2n) is 4.84. The molecule has 15 heavy (non-hydrogen) atoms. The Morgan fingerprint density at radius 2 is 2.13 bits per heavy atom. The van der Waals surface area contributed by atoms with Gasteiger partial charge < -0.3 is 10.6 Å². The van der Waals surface area contributed by atoms with Crippen molar-refractivity contribution in [3.8, 4) is 0 Å². The van der Waals surface area contributed by atoms with Crippen molar-refractivity contribution in [3.63, 3.8) is 0 Å². The van der Waals surface area contributed by atoms with Crippen LogP contribution in [-0.2, 0) is 0 Å². The Balaban J connectivity index is 2.21. The van der Waals surface area contributed by atoms with Gasteiger partial charge in [0.05, 0.1) is 0 Å². The molecule has 2 heteroatoms. The van der Waals surface area contributed by atoms with Gasteiger partial charge in [-0.15, -0.1) is 0 Å². The third kappa shape index (κ3) is 5.53. The van der Waals surface area contributed by atoms with Crippen molar-refractivity contribution in [1.29, 1.82) is 0 Å². The molecule has 0 aromatic rings. The van der Waals surface area contributed by atoms with Gasteiger partial charge in [-0.25, -0.2) is 0 Å². The van der Waals surface area contributed by atoms with Crippen LogP contribution in [0.1, 0.15) is 58.8 Å². The SMILES string of the molecule is CCCCC(CCC)NC1CCCNC1. The van der Waals surface area contributed by atoms with Gasteiger partial charge in [0, 0.05) is 18.6 Å². The van der Waals surface area contributed by atoms with Gasteiger partial charge in [0.2, 0.25) is 0 Å². The quantitative estimate of drug-likeness (QED) is 0.678. The normalized spacial score (nSPS) is 24.0. The molecule has 90 valence electrons. The van der Waals surface area contributed by atoms with Gasteiger partial charge in [0.1, 0.15) is 0 Å². The number of rotatable bonds is 7. The average Bonchev–Trinajstić information content (AvgIpc) is 2.28. The Morgan fingerprint density at radius 3 is 2.73 bits per heavy atom. The van der Waals surface area contributed by atoms with Crippen molar-refractivity contribution in [1.82, 2.24) is 10.6 Å². The maximum Gasteiger partial charge on any atom is 0.0195 e. The van der Waals surface area contributed by atoms with E-state index in [2.05, 4.69) is 24.5 Å². The van der Waals surface area contributed by atoms with Crippen LogP contribution < -0.4 is 10.6 Å². The summed E-state index contributed by atoms with van der Waals surface area (Å²) in [6.07, 6.45) is 9.41. The summed E-state index contributed by atoms with van der Waals surface area (Å²) in [4.78, 5) is 0. The molecule has 2 N–H and O–H groups in total. The molecular weight excluding hydrogens is 184 g/mol. The highest BCUT2D eigenvalue weighted by molar-refractivity contribution is 4.79. The van der Waals surface area contributed by atoms with Gasteiger partial charge in [-0.1, -0.05) is 33.1 Å². The van der Waals surface area contributed by atoms with Crippen LogP contribution in [0.2, 0.25) is 0 Å². The van der Waals surface area contributed by atoms with E-state index < -0.39 is 0 Å². The minimum Gasteiger partial charge on any atom is -0.315 e. The second kappa shape index (κ2) is 8.12. The smallest absolute Gasteiger partial charge is 0.0195 e. The summed E-state index contributed by atoms with van der Waals surface area (Å²) >= 11 is 0. The molecular formula is C13H28N2. The lowest BCUT2D eigenvalue weighted by Crippen LogP contribution is -2.47. The highest BCUT2D eigenvalue weighted by atomic mass is 15.0. The van der Waals surface area contributed by atoms with Crippen LogP contribution in [-0.4, -0.2) is 25.2 Å². The first-order valence-corrected chi connectivity index (χ1v) is 6.83. The van der Waals surface area contributed by atoms with E-state index in [4.69, 9.17) is 0 Å². The van der Waals surface area contributed by atoms with Crippen LogP contribution in [0.15, 0.2) is 0 Å². The molecule has 1 saturated heterocycles. The van der Waals surface area contributed by atoms with E-state index in [0.717, 1.165) is 12.1 Å². The third-order valence-electron chi connectivity index (χ3n) is 3.31. The Bertz CT molecular complexity index is 141. The molecule has 0 amide bonds. The summed E-state index contributed by atoms with van der Waals surface area (Å²) in [5.41, 5.74) is 0. The van der Waals surface area contributed by atoms with Crippen LogP contribution in [0, 0.1) is 0 Å². The fourth-order valence-electron chi connectivity index (χ4n) is 2.44. The first kappa shape index (κ1) is 13.0. The fraction of sp³-hybridized carbons (Fsp3) is 1.00. The molecule has 1 rings (SSSR count). The molecule has 0 saturated carbocycles. The lowest BCUT2D eigenvalue weighted by molar-refractivity contribution is 0.325. The third-order valence-corrected chi connectivity index (χ3v) is 3.31. The molecule has 0 aliphatic carbocycles. The van der Waals surface area contributed by atoms with E-state index in [-0.39, 0.29) is 0 Å². The van der Waals surface area contributed by atoms with Crippen LogP contribution in [0.3, 0.4) is 0 Å². The molecule has 0 bridgehead atoms. The summed E-state index contributed by atoms with van der Waals surface area (Å²) in [6, 6.07) is 1.49. The number of nitrogens with one attached hydrogen (secondary N) is 2. The zero-order valence-electron chi connectivity index (χ0n) is 10.5. The zero-order valence-corrected chi connectivity index (χ0v) is 10.5. The summed E-state index contributed by atoms with van der Waals surface area (Å²) in [6.45, 7) is 6.96. The summed E-state index contributed by atoms with van der Waals surface area (Å²) < 4.78 is 0. The Hall–Kier alpha value is -0.0800. The van der Waals surface area contributed by atoms with Crippen molar-refractivity contribution >= 4 is 0 Å². The molecule has 2 atom stereocenters. The number of hydrogen-bond acceptors (Lipinski definition) is 2. The monoisotopic (exact) mass is 212 g/mol. The highest BCUT2D eigenvalue weighted by Crippen LogP contribution is 2.10. The van der Waals surface area contributed by atoms with Crippen molar-refractivity contribution in [2.45, 2.75) is 70.9 Å². The van der Waals surface area contributed by atoms with Gasteiger partial charge in [-0.05, 0) is 32.2 Å². The summed E-state index contributed by atoms with van der Waals surface area (Å²) in [5.74, 6) is 0. The Morgan fingerprint density at radius 1 is 1.27 bits per heavy atom. The van der Waals surface area contributed by atoms with Gasteiger partial charge in [-0.3, -0.25) is 0 Å². The van der Waals surface area contributed by atoms with E-state index >= 15 is 0 Å². The van der Waals surface area contributed by atoms with E-state index in [9.17, 15) is 0 Å². The molecule has 0 aromatic carbocycles. The van der Waals surface area contributed by atoms with Crippen molar-refractivity contribution in [3.05, 3.63) is 0 Å². The molecule has 2 unspecified atom stereocenters. The van der Waals surface area contributed by atoms with Gasteiger partial charge in [0.15, 0.2) is 0 Å². The van der Waals surface area contributed by atoms with Gasteiger partial charge in [-0.2, -0.15) is 0 Å². The molecule has 1 fully saturated rings. The van der Waals surface area contributed by atoms with Gasteiger partial charge >= 0.3 is 0 Å². The van der Waals surface area contributed by atoms with Crippen molar-refractivity contribution in [2.75, 3.05) is 13.1 Å². The standard InChI is InChI=1S/C13H28N2/c1-3-5-8-12(7-4-2)15-13-9-6-10-14-11-13/h12-15H,3-11H2,1-2H3. The topological polar surface area (TPSA) is 24.1 Å². The lowest BCUT2D eigenvalue weighted by Gasteiger charge is -2.29. The molecule has 0 aromatic heterocycles. The maximum atomic E-state index is 3.83. The minimum absolute atomic E-state index is 0.729. The molecule has 1 aliphatic rings. The van der Waals surface area contributed by atoms with Crippen LogP contribution in [0.4, 0.5) is 0 Å². The average molecular weight is 212 g/mol. The van der Waals surface area contributed by atoms with Crippen LogP contribution in [0.5, 0.6) is 0 Å².